The van der Waals surface area contributed by atoms with Gasteiger partial charge in [-0.15, -0.1) is 0 Å². The van der Waals surface area contributed by atoms with E-state index >= 15 is 0 Å². The first-order valence-corrected chi connectivity index (χ1v) is 14.6. The minimum Gasteiger partial charge on any atom is -0.510 e. The van der Waals surface area contributed by atoms with Crippen molar-refractivity contribution in [1.82, 2.24) is 9.80 Å². The Balaban J connectivity index is 1.47. The summed E-state index contributed by atoms with van der Waals surface area (Å²) in [5.41, 5.74) is 4.42. The fraction of sp³-hybridized carbons (Fsp3) is 0.581. The smallest absolute Gasteiger partial charge is 0.255 e. The number of phenolic OH excluding ortho intramolecular Hbond substituents is 1. The van der Waals surface area contributed by atoms with Crippen LogP contribution in [0.1, 0.15) is 53.6 Å². The number of rotatable bonds is 7. The van der Waals surface area contributed by atoms with E-state index in [1.807, 2.05) is 19.0 Å². The first kappa shape index (κ1) is 28.7. The summed E-state index contributed by atoms with van der Waals surface area (Å²) < 4.78 is 0. The molecule has 0 aliphatic heterocycles. The molecule has 6 N–H and O–H groups in total. The van der Waals surface area contributed by atoms with Gasteiger partial charge in [-0.05, 0) is 88.7 Å². The van der Waals surface area contributed by atoms with Crippen molar-refractivity contribution in [2.45, 2.75) is 62.3 Å². The molecule has 0 heterocycles. The van der Waals surface area contributed by atoms with Crippen molar-refractivity contribution in [3.8, 4) is 5.75 Å². The van der Waals surface area contributed by atoms with Crippen LogP contribution in [0.15, 0.2) is 28.7 Å². The van der Waals surface area contributed by atoms with Gasteiger partial charge < -0.3 is 31.1 Å². The summed E-state index contributed by atoms with van der Waals surface area (Å²) in [4.78, 5) is 45.6. The number of hydrogen-bond acceptors (Lipinski definition) is 10. The molecule has 0 bridgehead atoms. The second-order valence-electron chi connectivity index (χ2n) is 13.3. The van der Waals surface area contributed by atoms with Crippen LogP contribution in [0.3, 0.4) is 0 Å². The first-order chi connectivity index (χ1) is 19.7. The van der Waals surface area contributed by atoms with Crippen molar-refractivity contribution >= 4 is 23.2 Å². The van der Waals surface area contributed by atoms with E-state index in [2.05, 4.69) is 11.9 Å². The fourth-order valence-electron chi connectivity index (χ4n) is 8.32. The molecule has 0 unspecified atom stereocenters. The number of aliphatic hydroxyl groups excluding tert-OH is 2. The van der Waals surface area contributed by atoms with Gasteiger partial charge in [0.05, 0.1) is 11.6 Å². The SMILES string of the molecule is CN(C)c1c(CN(C)C2(C3CC3)CC2)cc(O)c2c1C[C@H]1C[C@H]3[C@H](N(C)C)C(O)=C(C(N)=O)C(=O)[C@@]3(O)C(O)=C1C2=O. The number of carbonyl (C=O) groups excluding carboxylic acids is 3. The molecule has 1 amide bonds. The van der Waals surface area contributed by atoms with E-state index < -0.39 is 58.0 Å². The number of nitrogens with two attached hydrogens (primary N) is 1. The monoisotopic (exact) mass is 580 g/mol. The molecule has 11 heteroatoms. The number of ketones is 2. The molecular weight excluding hydrogens is 540 g/mol. The Hall–Kier alpha value is -3.41. The molecular formula is C31H40N4O7. The van der Waals surface area contributed by atoms with Crippen LogP contribution in [-0.4, -0.2) is 100 Å². The number of anilines is 1. The van der Waals surface area contributed by atoms with Gasteiger partial charge in [-0.3, -0.25) is 24.2 Å². The van der Waals surface area contributed by atoms with Gasteiger partial charge >= 0.3 is 0 Å². The van der Waals surface area contributed by atoms with E-state index in [1.165, 1.54) is 12.8 Å². The van der Waals surface area contributed by atoms with Gasteiger partial charge in [0.15, 0.2) is 11.4 Å². The average Bonchev–Trinajstić information content (AvgIpc) is 3.78. The Labute approximate surface area is 244 Å². The van der Waals surface area contributed by atoms with E-state index in [4.69, 9.17) is 5.73 Å². The lowest BCUT2D eigenvalue weighted by Gasteiger charge is -2.50. The number of allylic oxidation sites excluding steroid dienone is 1. The summed E-state index contributed by atoms with van der Waals surface area (Å²) in [6.07, 6.45) is 5.13. The van der Waals surface area contributed by atoms with E-state index in [1.54, 1.807) is 25.1 Å². The Bertz CT molecular complexity index is 1490. The summed E-state index contributed by atoms with van der Waals surface area (Å²) in [5, 5.41) is 45.6. The molecule has 2 saturated carbocycles. The highest BCUT2D eigenvalue weighted by atomic mass is 16.3. The maximum absolute atomic E-state index is 14.1. The summed E-state index contributed by atoms with van der Waals surface area (Å²) in [6, 6.07) is 0.596. The maximum atomic E-state index is 14.1. The third-order valence-electron chi connectivity index (χ3n) is 10.5. The lowest BCUT2D eigenvalue weighted by Crippen LogP contribution is -2.63. The van der Waals surface area contributed by atoms with Crippen LogP contribution in [-0.2, 0) is 22.6 Å². The molecule has 42 heavy (non-hydrogen) atoms. The van der Waals surface area contributed by atoms with Gasteiger partial charge in [0.2, 0.25) is 5.78 Å². The lowest BCUT2D eigenvalue weighted by molar-refractivity contribution is -0.148. The van der Waals surface area contributed by atoms with Gasteiger partial charge in [-0.1, -0.05) is 0 Å². The molecule has 1 aromatic rings. The summed E-state index contributed by atoms with van der Waals surface area (Å²) in [7, 11) is 9.15. The Morgan fingerprint density at radius 1 is 1.07 bits per heavy atom. The number of amides is 1. The third-order valence-corrected chi connectivity index (χ3v) is 10.5. The molecule has 0 aromatic heterocycles. The van der Waals surface area contributed by atoms with Gasteiger partial charge in [-0.2, -0.15) is 0 Å². The third kappa shape index (κ3) is 3.79. The molecule has 226 valence electrons. The standard InChI is InChI=1S/C31H40N4O7/c1-33(2)23-15(13-35(5)30(8-9-30)16-6-7-16)12-19(36)21-17(23)10-14-11-18-24(34(3)4)26(38)22(29(32)41)28(40)31(18,42)27(39)20(14)25(21)37/h12,14,16,18,24,36,38-39,42H,6-11,13H2,1-5H3,(H2,32,41)/t14-,18-,24-,31-/m0/s1. The number of primary amides is 1. The molecule has 0 saturated heterocycles. The van der Waals surface area contributed by atoms with Crippen LogP contribution < -0.4 is 10.6 Å². The highest BCUT2D eigenvalue weighted by molar-refractivity contribution is 6.24. The Morgan fingerprint density at radius 2 is 1.71 bits per heavy atom. The average molecular weight is 581 g/mol. The van der Waals surface area contributed by atoms with E-state index in [0.29, 0.717) is 18.0 Å². The van der Waals surface area contributed by atoms with Crippen LogP contribution in [0.2, 0.25) is 0 Å². The zero-order valence-electron chi connectivity index (χ0n) is 24.8. The summed E-state index contributed by atoms with van der Waals surface area (Å²) in [6.45, 7) is 0.603. The van der Waals surface area contributed by atoms with Crippen LogP contribution in [0.4, 0.5) is 5.69 Å². The van der Waals surface area contributed by atoms with Gasteiger partial charge in [-0.25, -0.2) is 0 Å². The second-order valence-corrected chi connectivity index (χ2v) is 13.3. The van der Waals surface area contributed by atoms with Crippen LogP contribution >= 0.6 is 0 Å². The number of likely N-dealkylation sites (N-methyl/N-ethyl adjacent to an activating group) is 1. The predicted molar refractivity (Wildman–Crippen MR) is 154 cm³/mol. The number of Topliss-reactive ketones (excluding diaryl/α,β-unsaturated/α-hetero) is 2. The largest absolute Gasteiger partial charge is 0.510 e. The van der Waals surface area contributed by atoms with Crippen LogP contribution in [0.5, 0.6) is 5.75 Å². The van der Waals surface area contributed by atoms with Gasteiger partial charge in [0, 0.05) is 43.4 Å². The molecule has 11 nitrogen and oxygen atoms in total. The second kappa shape index (κ2) is 9.29. The Morgan fingerprint density at radius 3 is 2.24 bits per heavy atom. The zero-order chi connectivity index (χ0) is 30.6. The summed E-state index contributed by atoms with van der Waals surface area (Å²) in [5.74, 6) is -5.74. The van der Waals surface area contributed by atoms with Crippen molar-refractivity contribution in [3.05, 3.63) is 45.4 Å². The minimum absolute atomic E-state index is 0.0363. The number of aliphatic hydroxyl groups is 3. The van der Waals surface area contributed by atoms with Crippen molar-refractivity contribution in [2.24, 2.45) is 23.5 Å². The lowest BCUT2D eigenvalue weighted by atomic mass is 9.58. The van der Waals surface area contributed by atoms with Crippen molar-refractivity contribution < 1.29 is 34.8 Å². The maximum Gasteiger partial charge on any atom is 0.255 e. The van der Waals surface area contributed by atoms with Crippen molar-refractivity contribution in [1.29, 1.82) is 0 Å². The summed E-state index contributed by atoms with van der Waals surface area (Å²) >= 11 is 0. The molecule has 0 radical (unpaired) electrons. The number of hydrogen-bond donors (Lipinski definition) is 5. The Kier molecular flexibility index (Phi) is 6.35. The molecule has 2 fully saturated rings. The van der Waals surface area contributed by atoms with E-state index in [-0.39, 0.29) is 35.3 Å². The topological polar surface area (TPSA) is 168 Å². The molecule has 6 rings (SSSR count). The minimum atomic E-state index is -2.64. The number of carbonyl (C=O) groups is 3. The number of nitrogens with zero attached hydrogens (tertiary/aromatic N) is 3. The van der Waals surface area contributed by atoms with E-state index in [9.17, 15) is 34.8 Å². The predicted octanol–water partition coefficient (Wildman–Crippen LogP) is 1.56. The zero-order valence-corrected chi connectivity index (χ0v) is 24.8. The molecule has 5 aliphatic carbocycles. The van der Waals surface area contributed by atoms with Crippen LogP contribution in [0, 0.1) is 17.8 Å². The number of phenols is 1. The fourth-order valence-corrected chi connectivity index (χ4v) is 8.32. The highest BCUT2D eigenvalue weighted by Gasteiger charge is 2.63. The molecule has 1 aromatic carbocycles. The molecule has 5 aliphatic rings. The molecule has 4 atom stereocenters. The van der Waals surface area contributed by atoms with Crippen LogP contribution in [0.25, 0.3) is 0 Å². The highest BCUT2D eigenvalue weighted by Crippen LogP contribution is 2.58. The van der Waals surface area contributed by atoms with Crippen molar-refractivity contribution in [3.63, 3.8) is 0 Å². The first-order valence-electron chi connectivity index (χ1n) is 14.6. The normalized spacial score (nSPS) is 30.0. The molecule has 0 spiro atoms. The van der Waals surface area contributed by atoms with Crippen molar-refractivity contribution in [2.75, 3.05) is 40.1 Å². The quantitative estimate of drug-likeness (QED) is 0.299. The van der Waals surface area contributed by atoms with Gasteiger partial charge in [0.1, 0.15) is 22.8 Å². The van der Waals surface area contributed by atoms with E-state index in [0.717, 1.165) is 24.1 Å². The number of benzene rings is 1. The van der Waals surface area contributed by atoms with Gasteiger partial charge in [0.25, 0.3) is 5.91 Å². The number of fused-ring (bicyclic) bond motifs is 3. The number of aromatic hydroxyl groups is 1.